The van der Waals surface area contributed by atoms with Crippen LogP contribution in [-0.2, 0) is 4.74 Å². The summed E-state index contributed by atoms with van der Waals surface area (Å²) < 4.78 is 17.7. The highest BCUT2D eigenvalue weighted by molar-refractivity contribution is 7.80. The van der Waals surface area contributed by atoms with E-state index < -0.39 is 11.7 Å². The van der Waals surface area contributed by atoms with Gasteiger partial charge in [-0.15, -0.1) is 0 Å². The number of hydrogen-bond donors (Lipinski definition) is 1. The van der Waals surface area contributed by atoms with Gasteiger partial charge in [-0.1, -0.05) is 0 Å². The average molecular weight is 241 g/mol. The highest BCUT2D eigenvalue weighted by Crippen LogP contribution is 2.02. The molecular formula is C11H12FNO2S. The number of hydrogen-bond acceptors (Lipinski definition) is 3. The van der Waals surface area contributed by atoms with E-state index in [1.54, 1.807) is 13.8 Å². The van der Waals surface area contributed by atoms with Crippen molar-refractivity contribution >= 4 is 23.3 Å². The van der Waals surface area contributed by atoms with Gasteiger partial charge in [0.15, 0.2) is 0 Å². The van der Waals surface area contributed by atoms with E-state index in [9.17, 15) is 9.18 Å². The first-order valence-electron chi connectivity index (χ1n) is 4.76. The fourth-order valence-corrected chi connectivity index (χ4v) is 1.29. The summed E-state index contributed by atoms with van der Waals surface area (Å²) in [5, 5.41) is 2.41. The predicted octanol–water partition coefficient (Wildman–Crippen LogP) is 2.27. The van der Waals surface area contributed by atoms with Gasteiger partial charge in [0.25, 0.3) is 11.1 Å². The normalized spacial score (nSPS) is 10.0. The van der Waals surface area contributed by atoms with Crippen molar-refractivity contribution in [1.29, 1.82) is 0 Å². The van der Waals surface area contributed by atoms with Crippen LogP contribution < -0.4 is 5.32 Å². The molecule has 1 aromatic carbocycles. The minimum atomic E-state index is -0.411. The van der Waals surface area contributed by atoms with Crippen molar-refractivity contribution in [3.8, 4) is 0 Å². The number of benzene rings is 1. The molecule has 0 aliphatic carbocycles. The molecule has 5 heteroatoms. The Kier molecular flexibility index (Phi) is 4.37. The molecule has 0 aliphatic rings. The number of halogens is 1. The first-order valence-corrected chi connectivity index (χ1v) is 5.17. The maximum absolute atomic E-state index is 12.6. The van der Waals surface area contributed by atoms with Gasteiger partial charge >= 0.3 is 0 Å². The Morgan fingerprint density at radius 3 is 2.44 bits per heavy atom. The lowest BCUT2D eigenvalue weighted by Crippen LogP contribution is -2.32. The van der Waals surface area contributed by atoms with Crippen molar-refractivity contribution in [2.45, 2.75) is 20.0 Å². The number of ether oxygens (including phenoxy) is 1. The van der Waals surface area contributed by atoms with Crippen LogP contribution in [-0.4, -0.2) is 17.2 Å². The lowest BCUT2D eigenvalue weighted by Gasteiger charge is -2.11. The highest BCUT2D eigenvalue weighted by Gasteiger charge is 2.09. The Bertz CT molecular complexity index is 389. The maximum Gasteiger partial charge on any atom is 0.263 e. The SMILES string of the molecule is CC(C)OC(=S)NC(=O)c1ccc(F)cc1. The van der Waals surface area contributed by atoms with Gasteiger partial charge in [0.2, 0.25) is 0 Å². The molecule has 0 radical (unpaired) electrons. The van der Waals surface area contributed by atoms with Gasteiger partial charge in [-0.3, -0.25) is 10.1 Å². The highest BCUT2D eigenvalue weighted by atomic mass is 32.1. The zero-order valence-electron chi connectivity index (χ0n) is 8.99. The van der Waals surface area contributed by atoms with Crippen molar-refractivity contribution < 1.29 is 13.9 Å². The summed E-state index contributed by atoms with van der Waals surface area (Å²) in [6.07, 6.45) is -0.0963. The van der Waals surface area contributed by atoms with Crippen molar-refractivity contribution in [2.75, 3.05) is 0 Å². The van der Waals surface area contributed by atoms with E-state index in [-0.39, 0.29) is 11.3 Å². The monoisotopic (exact) mass is 241 g/mol. The van der Waals surface area contributed by atoms with Crippen LogP contribution in [0.1, 0.15) is 24.2 Å². The van der Waals surface area contributed by atoms with Gasteiger partial charge in [-0.05, 0) is 50.3 Å². The topological polar surface area (TPSA) is 38.3 Å². The summed E-state index contributed by atoms with van der Waals surface area (Å²) in [5.41, 5.74) is 0.330. The molecule has 0 spiro atoms. The molecule has 0 unspecified atom stereocenters. The first-order chi connectivity index (χ1) is 7.49. The summed E-state index contributed by atoms with van der Waals surface area (Å²) in [6, 6.07) is 5.17. The third kappa shape index (κ3) is 3.94. The standard InChI is InChI=1S/C11H12FNO2S/c1-7(2)15-11(16)13-10(14)8-3-5-9(12)6-4-8/h3-7H,1-2H3,(H,13,14,16). The quantitative estimate of drug-likeness (QED) is 0.807. The predicted molar refractivity (Wildman–Crippen MR) is 62.7 cm³/mol. The smallest absolute Gasteiger partial charge is 0.263 e. The summed E-state index contributed by atoms with van der Waals surface area (Å²) >= 11 is 4.80. The summed E-state index contributed by atoms with van der Waals surface area (Å²) in [4.78, 5) is 11.5. The first kappa shape index (κ1) is 12.6. The van der Waals surface area contributed by atoms with E-state index in [4.69, 9.17) is 17.0 Å². The van der Waals surface area contributed by atoms with Gasteiger partial charge in [0, 0.05) is 5.56 Å². The molecule has 0 bridgehead atoms. The molecular weight excluding hydrogens is 229 g/mol. The molecule has 0 atom stereocenters. The number of nitrogens with one attached hydrogen (secondary N) is 1. The van der Waals surface area contributed by atoms with E-state index >= 15 is 0 Å². The van der Waals surface area contributed by atoms with Gasteiger partial charge in [-0.25, -0.2) is 4.39 Å². The molecule has 0 heterocycles. The van der Waals surface area contributed by atoms with E-state index in [2.05, 4.69) is 5.32 Å². The van der Waals surface area contributed by atoms with Crippen LogP contribution in [0.25, 0.3) is 0 Å². The van der Waals surface area contributed by atoms with Gasteiger partial charge in [-0.2, -0.15) is 0 Å². The van der Waals surface area contributed by atoms with Crippen LogP contribution in [0.5, 0.6) is 0 Å². The molecule has 0 aliphatic heterocycles. The van der Waals surface area contributed by atoms with E-state index in [0.29, 0.717) is 5.56 Å². The average Bonchev–Trinajstić information content (AvgIpc) is 2.16. The third-order valence-corrected chi connectivity index (χ3v) is 1.86. The number of carbonyl (C=O) groups is 1. The van der Waals surface area contributed by atoms with Crippen LogP contribution in [0.2, 0.25) is 0 Å². The summed E-state index contributed by atoms with van der Waals surface area (Å²) in [5.74, 6) is -0.803. The minimum absolute atomic E-state index is 0.0179. The Labute approximate surface area is 98.6 Å². The van der Waals surface area contributed by atoms with Crippen molar-refractivity contribution in [2.24, 2.45) is 0 Å². The number of thiocarbonyl (C=S) groups is 1. The molecule has 86 valence electrons. The second kappa shape index (κ2) is 5.55. The number of amides is 1. The molecule has 0 saturated carbocycles. The Morgan fingerprint density at radius 2 is 1.94 bits per heavy atom. The fourth-order valence-electron chi connectivity index (χ4n) is 1.01. The summed E-state index contributed by atoms with van der Waals surface area (Å²) in [7, 11) is 0. The molecule has 0 aromatic heterocycles. The van der Waals surface area contributed by atoms with E-state index in [1.165, 1.54) is 24.3 Å². The largest absolute Gasteiger partial charge is 0.468 e. The van der Waals surface area contributed by atoms with Gasteiger partial charge < -0.3 is 4.74 Å². The zero-order valence-corrected chi connectivity index (χ0v) is 9.81. The Morgan fingerprint density at radius 1 is 1.38 bits per heavy atom. The zero-order chi connectivity index (χ0) is 12.1. The van der Waals surface area contributed by atoms with Crippen LogP contribution in [0.4, 0.5) is 4.39 Å². The van der Waals surface area contributed by atoms with Crippen LogP contribution in [0.3, 0.4) is 0 Å². The molecule has 1 N–H and O–H groups in total. The molecule has 1 aromatic rings. The fraction of sp³-hybridized carbons (Fsp3) is 0.273. The van der Waals surface area contributed by atoms with Crippen molar-refractivity contribution in [1.82, 2.24) is 5.32 Å². The molecule has 1 amide bonds. The Balaban J connectivity index is 2.59. The molecule has 3 nitrogen and oxygen atoms in total. The molecule has 1 rings (SSSR count). The van der Waals surface area contributed by atoms with Crippen LogP contribution in [0, 0.1) is 5.82 Å². The van der Waals surface area contributed by atoms with Gasteiger partial charge in [0.05, 0.1) is 6.10 Å². The maximum atomic E-state index is 12.6. The lowest BCUT2D eigenvalue weighted by atomic mass is 10.2. The van der Waals surface area contributed by atoms with Crippen LogP contribution >= 0.6 is 12.2 Å². The van der Waals surface area contributed by atoms with Gasteiger partial charge in [0.1, 0.15) is 5.82 Å². The molecule has 16 heavy (non-hydrogen) atoms. The third-order valence-electron chi connectivity index (χ3n) is 1.66. The van der Waals surface area contributed by atoms with Crippen LogP contribution in [0.15, 0.2) is 24.3 Å². The van der Waals surface area contributed by atoms with E-state index in [1.807, 2.05) is 0 Å². The minimum Gasteiger partial charge on any atom is -0.468 e. The van der Waals surface area contributed by atoms with E-state index in [0.717, 1.165) is 0 Å². The Hall–Kier alpha value is -1.49. The second-order valence-corrected chi connectivity index (χ2v) is 3.79. The molecule has 0 saturated heterocycles. The second-order valence-electron chi connectivity index (χ2n) is 3.42. The van der Waals surface area contributed by atoms with Crippen molar-refractivity contribution in [3.05, 3.63) is 35.6 Å². The summed E-state index contributed by atoms with van der Waals surface area (Å²) in [6.45, 7) is 3.60. The number of rotatable bonds is 2. The number of carbonyl (C=O) groups excluding carboxylic acids is 1. The lowest BCUT2D eigenvalue weighted by molar-refractivity contribution is 0.0963. The van der Waals surface area contributed by atoms with Crippen molar-refractivity contribution in [3.63, 3.8) is 0 Å². The molecule has 0 fully saturated rings.